The Morgan fingerprint density at radius 1 is 1.21 bits per heavy atom. The highest BCUT2D eigenvalue weighted by Gasteiger charge is 2.14. The molecule has 28 heavy (non-hydrogen) atoms. The van der Waals surface area contributed by atoms with E-state index in [0.29, 0.717) is 21.4 Å². The minimum Gasteiger partial charge on any atom is -0.454 e. The molecule has 3 heterocycles. The Kier molecular flexibility index (Phi) is 4.93. The van der Waals surface area contributed by atoms with Crippen LogP contribution in [0.25, 0.3) is 16.2 Å². The molecule has 0 unspecified atom stereocenters. The van der Waals surface area contributed by atoms with Crippen molar-refractivity contribution in [3.8, 4) is 10.6 Å². The van der Waals surface area contributed by atoms with Crippen molar-refractivity contribution < 1.29 is 9.53 Å². The van der Waals surface area contributed by atoms with Crippen LogP contribution in [0.1, 0.15) is 21.7 Å². The fourth-order valence-corrected chi connectivity index (χ4v) is 3.64. The lowest BCUT2D eigenvalue weighted by atomic mass is 10.2. The van der Waals surface area contributed by atoms with Crippen molar-refractivity contribution in [1.29, 1.82) is 0 Å². The van der Waals surface area contributed by atoms with Crippen LogP contribution in [0.15, 0.2) is 58.8 Å². The third-order valence-corrected chi connectivity index (χ3v) is 5.12. The number of hydrogen-bond acceptors (Lipinski definition) is 6. The number of hydrogen-bond donors (Lipinski definition) is 0. The van der Waals surface area contributed by atoms with Gasteiger partial charge < -0.3 is 4.74 Å². The number of rotatable bonds is 4. The van der Waals surface area contributed by atoms with Crippen LogP contribution in [0.5, 0.6) is 0 Å². The van der Waals surface area contributed by atoms with Gasteiger partial charge in [0.25, 0.3) is 5.56 Å². The van der Waals surface area contributed by atoms with Gasteiger partial charge in [-0.1, -0.05) is 29.8 Å². The van der Waals surface area contributed by atoms with Gasteiger partial charge in [-0.3, -0.25) is 9.20 Å². The molecule has 4 rings (SSSR count). The molecule has 0 saturated heterocycles. The first-order valence-electron chi connectivity index (χ1n) is 8.37. The first-order chi connectivity index (χ1) is 13.5. The topological polar surface area (TPSA) is 73.6 Å². The Balaban J connectivity index is 1.50. The molecule has 4 aromatic rings. The molecule has 0 atom stereocenters. The molecule has 1 aromatic carbocycles. The Bertz CT molecular complexity index is 1250. The lowest BCUT2D eigenvalue weighted by molar-refractivity contribution is 0.0462. The Morgan fingerprint density at radius 3 is 2.89 bits per heavy atom. The Morgan fingerprint density at radius 2 is 2.07 bits per heavy atom. The van der Waals surface area contributed by atoms with E-state index in [9.17, 15) is 9.59 Å². The second-order valence-electron chi connectivity index (χ2n) is 6.14. The van der Waals surface area contributed by atoms with E-state index in [0.717, 1.165) is 11.1 Å². The average Bonchev–Trinajstić information content (AvgIpc) is 3.17. The minimum absolute atomic E-state index is 0.109. The minimum atomic E-state index is -0.574. The molecular formula is C20H14ClN3O3S. The molecule has 0 aliphatic rings. The van der Waals surface area contributed by atoms with E-state index >= 15 is 0 Å². The highest BCUT2D eigenvalue weighted by atomic mass is 35.5. The number of carbonyl (C=O) groups is 1. The van der Waals surface area contributed by atoms with Crippen LogP contribution in [-0.2, 0) is 11.3 Å². The van der Waals surface area contributed by atoms with E-state index in [2.05, 4.69) is 9.97 Å². The summed E-state index contributed by atoms with van der Waals surface area (Å²) >= 11 is 7.32. The zero-order chi connectivity index (χ0) is 19.7. The number of thiazole rings is 1. The number of aryl methyl sites for hydroxylation is 1. The molecule has 3 aromatic heterocycles. The number of halogens is 1. The number of ether oxygens (including phenoxy) is 1. The van der Waals surface area contributed by atoms with Crippen molar-refractivity contribution >= 4 is 34.6 Å². The Hall–Kier alpha value is -3.03. The molecule has 0 amide bonds. The maximum absolute atomic E-state index is 12.3. The monoisotopic (exact) mass is 411 g/mol. The fourth-order valence-electron chi connectivity index (χ4n) is 2.67. The molecule has 0 fully saturated rings. The van der Waals surface area contributed by atoms with Gasteiger partial charge in [-0.2, -0.15) is 0 Å². The highest BCUT2D eigenvalue weighted by Crippen LogP contribution is 2.26. The zero-order valence-electron chi connectivity index (χ0n) is 14.8. The van der Waals surface area contributed by atoms with E-state index in [1.54, 1.807) is 29.8 Å². The fraction of sp³-hybridized carbons (Fsp3) is 0.100. The first-order valence-corrected chi connectivity index (χ1v) is 9.63. The predicted octanol–water partition coefficient (Wildman–Crippen LogP) is 4.14. The quantitative estimate of drug-likeness (QED) is 0.472. The lowest BCUT2D eigenvalue weighted by Gasteiger charge is -2.05. The first kappa shape index (κ1) is 18.3. The van der Waals surface area contributed by atoms with Gasteiger partial charge in [0.05, 0.1) is 5.69 Å². The van der Waals surface area contributed by atoms with E-state index in [4.69, 9.17) is 16.3 Å². The molecule has 8 heteroatoms. The molecule has 0 aliphatic heterocycles. The molecule has 0 N–H and O–H groups in total. The van der Waals surface area contributed by atoms with Gasteiger partial charge >= 0.3 is 5.97 Å². The molecule has 0 saturated carbocycles. The molecule has 0 bridgehead atoms. The van der Waals surface area contributed by atoms with Crippen LogP contribution in [-0.4, -0.2) is 20.3 Å². The summed E-state index contributed by atoms with van der Waals surface area (Å²) in [7, 11) is 0. The van der Waals surface area contributed by atoms with E-state index in [-0.39, 0.29) is 17.9 Å². The van der Waals surface area contributed by atoms with Crippen LogP contribution in [0.3, 0.4) is 0 Å². The zero-order valence-corrected chi connectivity index (χ0v) is 16.3. The largest absolute Gasteiger partial charge is 0.454 e. The average molecular weight is 412 g/mol. The summed E-state index contributed by atoms with van der Waals surface area (Å²) in [6.45, 7) is 1.79. The number of nitrogens with zero attached hydrogens (tertiary/aromatic N) is 3. The van der Waals surface area contributed by atoms with Crippen LogP contribution in [0, 0.1) is 6.92 Å². The summed E-state index contributed by atoms with van der Waals surface area (Å²) in [5, 5.41) is 2.90. The van der Waals surface area contributed by atoms with E-state index < -0.39 is 5.97 Å². The summed E-state index contributed by atoms with van der Waals surface area (Å²) < 4.78 is 6.74. The van der Waals surface area contributed by atoms with Gasteiger partial charge in [0, 0.05) is 28.2 Å². The maximum Gasteiger partial charge on any atom is 0.358 e. The number of carbonyl (C=O) groups excluding carboxylic acids is 1. The van der Waals surface area contributed by atoms with Gasteiger partial charge in [-0.15, -0.1) is 11.3 Å². The summed E-state index contributed by atoms with van der Waals surface area (Å²) in [4.78, 5) is 33.2. The normalized spacial score (nSPS) is 10.9. The highest BCUT2D eigenvalue weighted by molar-refractivity contribution is 7.13. The smallest absolute Gasteiger partial charge is 0.358 e. The predicted molar refractivity (Wildman–Crippen MR) is 108 cm³/mol. The lowest BCUT2D eigenvalue weighted by Crippen LogP contribution is -2.17. The third kappa shape index (κ3) is 3.81. The van der Waals surface area contributed by atoms with Crippen LogP contribution < -0.4 is 5.56 Å². The summed E-state index contributed by atoms with van der Waals surface area (Å²) in [6.07, 6.45) is 1.72. The molecule has 0 spiro atoms. The van der Waals surface area contributed by atoms with Crippen molar-refractivity contribution in [2.24, 2.45) is 0 Å². The van der Waals surface area contributed by atoms with Crippen LogP contribution in [0.4, 0.5) is 0 Å². The molecular weight excluding hydrogens is 398 g/mol. The van der Waals surface area contributed by atoms with Gasteiger partial charge in [0.2, 0.25) is 0 Å². The number of fused-ring (bicyclic) bond motifs is 1. The van der Waals surface area contributed by atoms with Crippen molar-refractivity contribution in [1.82, 2.24) is 14.4 Å². The number of aromatic nitrogens is 3. The molecule has 0 aliphatic carbocycles. The number of benzene rings is 1. The van der Waals surface area contributed by atoms with Crippen LogP contribution in [0.2, 0.25) is 5.02 Å². The SMILES string of the molecule is Cc1ccc2nc(COC(=O)c3csc(-c4cccc(Cl)c4)n3)cc(=O)n2c1. The number of esters is 1. The maximum atomic E-state index is 12.3. The molecule has 140 valence electrons. The van der Waals surface area contributed by atoms with Crippen molar-refractivity contribution in [2.75, 3.05) is 0 Å². The van der Waals surface area contributed by atoms with E-state index in [1.165, 1.54) is 21.8 Å². The second kappa shape index (κ2) is 7.53. The Labute approximate surface area is 169 Å². The van der Waals surface area contributed by atoms with Gasteiger partial charge in [-0.25, -0.2) is 14.8 Å². The van der Waals surface area contributed by atoms with Crippen molar-refractivity contribution in [3.05, 3.63) is 86.4 Å². The second-order valence-corrected chi connectivity index (χ2v) is 7.44. The van der Waals surface area contributed by atoms with Crippen LogP contribution >= 0.6 is 22.9 Å². The van der Waals surface area contributed by atoms with E-state index in [1.807, 2.05) is 25.1 Å². The number of pyridine rings is 1. The summed E-state index contributed by atoms with van der Waals surface area (Å²) in [6, 6.07) is 12.2. The molecule has 0 radical (unpaired) electrons. The van der Waals surface area contributed by atoms with Crippen molar-refractivity contribution in [3.63, 3.8) is 0 Å². The van der Waals surface area contributed by atoms with Gasteiger partial charge in [0.15, 0.2) is 5.69 Å². The third-order valence-electron chi connectivity index (χ3n) is 4.00. The molecule has 6 nitrogen and oxygen atoms in total. The summed E-state index contributed by atoms with van der Waals surface area (Å²) in [5.74, 6) is -0.574. The van der Waals surface area contributed by atoms with Gasteiger partial charge in [0.1, 0.15) is 17.3 Å². The van der Waals surface area contributed by atoms with Gasteiger partial charge in [-0.05, 0) is 30.7 Å². The standard InChI is InChI=1S/C20H14ClN3O3S/c1-12-5-6-17-22-15(8-18(25)24(17)9-12)10-27-20(26)16-11-28-19(23-16)13-3-2-4-14(21)7-13/h2-9,11H,10H2,1H3. The van der Waals surface area contributed by atoms with Crippen molar-refractivity contribution in [2.45, 2.75) is 13.5 Å². The summed E-state index contributed by atoms with van der Waals surface area (Å²) in [5.41, 5.74) is 2.64.